The van der Waals surface area contributed by atoms with Crippen LogP contribution >= 0.6 is 0 Å². The van der Waals surface area contributed by atoms with Crippen molar-refractivity contribution in [3.8, 4) is 0 Å². The molecule has 0 aromatic heterocycles. The molecular formula is C24H33N3O. The zero-order chi connectivity index (χ0) is 19.8. The van der Waals surface area contributed by atoms with E-state index in [-0.39, 0.29) is 17.9 Å². The summed E-state index contributed by atoms with van der Waals surface area (Å²) in [6.45, 7) is 9.16. The SMILES string of the molecule is C=C(NCCCC)[C@@H](Cc1ccc2ccccc2c1)NC(=O)C1CCNCC1. The number of unbranched alkanes of at least 4 members (excludes halogenated alkanes) is 1. The molecule has 0 spiro atoms. The van der Waals surface area contributed by atoms with Crippen LogP contribution in [0.5, 0.6) is 0 Å². The summed E-state index contributed by atoms with van der Waals surface area (Å²) in [5.74, 6) is 0.259. The van der Waals surface area contributed by atoms with E-state index >= 15 is 0 Å². The zero-order valence-corrected chi connectivity index (χ0v) is 17.0. The summed E-state index contributed by atoms with van der Waals surface area (Å²) in [7, 11) is 0. The van der Waals surface area contributed by atoms with Crippen LogP contribution in [0.1, 0.15) is 38.2 Å². The first-order chi connectivity index (χ1) is 13.7. The molecule has 150 valence electrons. The van der Waals surface area contributed by atoms with Gasteiger partial charge in [-0.3, -0.25) is 4.79 Å². The fraction of sp³-hybridized carbons (Fsp3) is 0.458. The molecule has 1 aliphatic rings. The molecule has 2 aromatic rings. The van der Waals surface area contributed by atoms with E-state index in [1.807, 2.05) is 0 Å². The quantitative estimate of drug-likeness (QED) is 0.581. The predicted octanol–water partition coefficient (Wildman–Crippen LogP) is 3.77. The van der Waals surface area contributed by atoms with Crippen molar-refractivity contribution < 1.29 is 4.79 Å². The minimum Gasteiger partial charge on any atom is -0.387 e. The number of carbonyl (C=O) groups is 1. The van der Waals surface area contributed by atoms with Crippen LogP contribution in [-0.2, 0) is 11.2 Å². The number of piperidine rings is 1. The first-order valence-corrected chi connectivity index (χ1v) is 10.6. The molecule has 1 atom stereocenters. The molecule has 2 aromatic carbocycles. The Morgan fingerprint density at radius 1 is 1.18 bits per heavy atom. The molecule has 1 saturated heterocycles. The maximum atomic E-state index is 12.8. The van der Waals surface area contributed by atoms with Crippen molar-refractivity contribution in [3.63, 3.8) is 0 Å². The highest BCUT2D eigenvalue weighted by Gasteiger charge is 2.24. The second kappa shape index (κ2) is 10.3. The Kier molecular flexibility index (Phi) is 7.49. The Labute approximate surface area is 168 Å². The molecule has 4 heteroatoms. The van der Waals surface area contributed by atoms with Crippen molar-refractivity contribution in [3.05, 3.63) is 60.3 Å². The molecule has 1 amide bonds. The molecule has 1 aliphatic heterocycles. The largest absolute Gasteiger partial charge is 0.387 e. The fourth-order valence-corrected chi connectivity index (χ4v) is 3.79. The van der Waals surface area contributed by atoms with Gasteiger partial charge in [-0.25, -0.2) is 0 Å². The average Bonchev–Trinajstić information content (AvgIpc) is 2.74. The standard InChI is InChI=1S/C24H33N3O/c1-3-4-13-26-18(2)23(27-24(28)21-11-14-25-15-12-21)17-19-9-10-20-7-5-6-8-22(20)16-19/h5-10,16,21,23,25-26H,2-4,11-15,17H2,1H3,(H,27,28)/t23-/m1/s1. The summed E-state index contributed by atoms with van der Waals surface area (Å²) in [4.78, 5) is 12.8. The third-order valence-corrected chi connectivity index (χ3v) is 5.58. The zero-order valence-electron chi connectivity index (χ0n) is 17.0. The van der Waals surface area contributed by atoms with Crippen molar-refractivity contribution in [2.45, 2.75) is 45.1 Å². The van der Waals surface area contributed by atoms with Crippen molar-refractivity contribution in [1.29, 1.82) is 0 Å². The van der Waals surface area contributed by atoms with Crippen molar-refractivity contribution >= 4 is 16.7 Å². The molecule has 1 heterocycles. The summed E-state index contributed by atoms with van der Waals surface area (Å²) < 4.78 is 0. The van der Waals surface area contributed by atoms with Crippen LogP contribution in [0.3, 0.4) is 0 Å². The number of fused-ring (bicyclic) bond motifs is 1. The van der Waals surface area contributed by atoms with Crippen LogP contribution in [-0.4, -0.2) is 31.6 Å². The van der Waals surface area contributed by atoms with Gasteiger partial charge in [0, 0.05) is 18.2 Å². The molecule has 28 heavy (non-hydrogen) atoms. The lowest BCUT2D eigenvalue weighted by molar-refractivity contribution is -0.126. The molecule has 0 radical (unpaired) electrons. The molecule has 0 saturated carbocycles. The molecule has 3 rings (SSSR count). The van der Waals surface area contributed by atoms with E-state index in [9.17, 15) is 4.79 Å². The minimum absolute atomic E-state index is 0.0968. The van der Waals surface area contributed by atoms with Gasteiger partial charge in [0.05, 0.1) is 6.04 Å². The van der Waals surface area contributed by atoms with E-state index in [1.165, 1.54) is 16.3 Å². The van der Waals surface area contributed by atoms with E-state index in [0.29, 0.717) is 0 Å². The van der Waals surface area contributed by atoms with Gasteiger partial charge in [0.15, 0.2) is 0 Å². The number of rotatable bonds is 9. The monoisotopic (exact) mass is 379 g/mol. The van der Waals surface area contributed by atoms with Gasteiger partial charge < -0.3 is 16.0 Å². The highest BCUT2D eigenvalue weighted by Crippen LogP contribution is 2.19. The number of amides is 1. The van der Waals surface area contributed by atoms with Crippen LogP contribution in [0.15, 0.2) is 54.7 Å². The number of nitrogens with one attached hydrogen (secondary N) is 3. The average molecular weight is 380 g/mol. The van der Waals surface area contributed by atoms with Gasteiger partial charge in [-0.15, -0.1) is 0 Å². The van der Waals surface area contributed by atoms with Gasteiger partial charge >= 0.3 is 0 Å². The smallest absolute Gasteiger partial charge is 0.223 e. The summed E-state index contributed by atoms with van der Waals surface area (Å²) in [5, 5.41) is 12.5. The predicted molar refractivity (Wildman–Crippen MR) is 117 cm³/mol. The summed E-state index contributed by atoms with van der Waals surface area (Å²) in [6.07, 6.45) is 4.80. The van der Waals surface area contributed by atoms with Gasteiger partial charge in [0.1, 0.15) is 0 Å². The van der Waals surface area contributed by atoms with Gasteiger partial charge in [0.2, 0.25) is 5.91 Å². The van der Waals surface area contributed by atoms with E-state index < -0.39 is 0 Å². The Morgan fingerprint density at radius 2 is 1.93 bits per heavy atom. The third-order valence-electron chi connectivity index (χ3n) is 5.58. The van der Waals surface area contributed by atoms with Crippen LogP contribution in [0.25, 0.3) is 10.8 Å². The number of benzene rings is 2. The third kappa shape index (κ3) is 5.59. The number of hydrogen-bond donors (Lipinski definition) is 3. The number of carbonyl (C=O) groups excluding carboxylic acids is 1. The van der Waals surface area contributed by atoms with Crippen LogP contribution in [0, 0.1) is 5.92 Å². The first-order valence-electron chi connectivity index (χ1n) is 10.6. The van der Waals surface area contributed by atoms with Crippen LogP contribution in [0.4, 0.5) is 0 Å². The van der Waals surface area contributed by atoms with Gasteiger partial charge in [-0.2, -0.15) is 0 Å². The van der Waals surface area contributed by atoms with E-state index in [2.05, 4.69) is 71.9 Å². The van der Waals surface area contributed by atoms with E-state index in [0.717, 1.165) is 57.4 Å². The van der Waals surface area contributed by atoms with Crippen molar-refractivity contribution in [2.75, 3.05) is 19.6 Å². The number of hydrogen-bond acceptors (Lipinski definition) is 3. The first kappa shape index (κ1) is 20.4. The molecule has 4 nitrogen and oxygen atoms in total. The summed E-state index contributed by atoms with van der Waals surface area (Å²) in [6, 6.07) is 14.8. The Bertz CT molecular complexity index is 795. The highest BCUT2D eigenvalue weighted by molar-refractivity contribution is 5.83. The van der Waals surface area contributed by atoms with Crippen LogP contribution in [0.2, 0.25) is 0 Å². The van der Waals surface area contributed by atoms with Gasteiger partial charge in [-0.1, -0.05) is 62.4 Å². The summed E-state index contributed by atoms with van der Waals surface area (Å²) in [5.41, 5.74) is 2.12. The molecule has 1 fully saturated rings. The maximum absolute atomic E-state index is 12.8. The molecular weight excluding hydrogens is 346 g/mol. The Morgan fingerprint density at radius 3 is 2.68 bits per heavy atom. The second-order valence-corrected chi connectivity index (χ2v) is 7.78. The fourth-order valence-electron chi connectivity index (χ4n) is 3.79. The maximum Gasteiger partial charge on any atom is 0.223 e. The van der Waals surface area contributed by atoms with Crippen molar-refractivity contribution in [2.24, 2.45) is 5.92 Å². The molecule has 0 aliphatic carbocycles. The Hall–Kier alpha value is -2.33. The molecule has 0 unspecified atom stereocenters. The van der Waals surface area contributed by atoms with E-state index in [4.69, 9.17) is 0 Å². The van der Waals surface area contributed by atoms with Gasteiger partial charge in [-0.05, 0) is 55.1 Å². The normalized spacial score (nSPS) is 15.9. The van der Waals surface area contributed by atoms with E-state index in [1.54, 1.807) is 0 Å². The lowest BCUT2D eigenvalue weighted by atomic mass is 9.95. The summed E-state index contributed by atoms with van der Waals surface area (Å²) >= 11 is 0. The van der Waals surface area contributed by atoms with Crippen LogP contribution < -0.4 is 16.0 Å². The highest BCUT2D eigenvalue weighted by atomic mass is 16.1. The lowest BCUT2D eigenvalue weighted by Crippen LogP contribution is -2.46. The van der Waals surface area contributed by atoms with Crippen molar-refractivity contribution in [1.82, 2.24) is 16.0 Å². The minimum atomic E-state index is -0.0968. The second-order valence-electron chi connectivity index (χ2n) is 7.78. The topological polar surface area (TPSA) is 53.2 Å². The van der Waals surface area contributed by atoms with Gasteiger partial charge in [0.25, 0.3) is 0 Å². The Balaban J connectivity index is 1.71. The molecule has 3 N–H and O–H groups in total. The molecule has 0 bridgehead atoms. The lowest BCUT2D eigenvalue weighted by Gasteiger charge is -2.27.